The number of benzene rings is 2. The van der Waals surface area contributed by atoms with Gasteiger partial charge in [-0.25, -0.2) is 0 Å². The second-order valence-electron chi connectivity index (χ2n) is 3.77. The quantitative estimate of drug-likeness (QED) is 0.807. The first-order chi connectivity index (χ1) is 8.57. The third-order valence-electron chi connectivity index (χ3n) is 2.48. The zero-order valence-electron chi connectivity index (χ0n) is 9.53. The number of anilines is 1. The lowest BCUT2D eigenvalue weighted by atomic mass is 10.2. The minimum absolute atomic E-state index is 0.219. The Morgan fingerprint density at radius 1 is 0.889 bits per heavy atom. The van der Waals surface area contributed by atoms with Crippen LogP contribution in [-0.2, 0) is 15.8 Å². The van der Waals surface area contributed by atoms with Crippen LogP contribution < -0.4 is 4.31 Å². The van der Waals surface area contributed by atoms with Gasteiger partial charge in [0.2, 0.25) is 0 Å². The van der Waals surface area contributed by atoms with Crippen molar-refractivity contribution in [3.8, 4) is 0 Å². The molecule has 0 fully saturated rings. The van der Waals surface area contributed by atoms with E-state index in [0.717, 1.165) is 5.56 Å². The molecule has 0 aliphatic carbocycles. The minimum Gasteiger partial charge on any atom is -0.253 e. The second kappa shape index (κ2) is 5.42. The van der Waals surface area contributed by atoms with E-state index in [1.54, 1.807) is 24.3 Å². The van der Waals surface area contributed by atoms with Gasteiger partial charge in [0.1, 0.15) is 0 Å². The fraction of sp³-hybridized carbons (Fsp3) is 0.0769. The van der Waals surface area contributed by atoms with Crippen LogP contribution in [0.4, 0.5) is 5.69 Å². The molecule has 0 amide bonds. The van der Waals surface area contributed by atoms with Crippen LogP contribution in [0.25, 0.3) is 0 Å². The molecule has 0 unspecified atom stereocenters. The zero-order chi connectivity index (χ0) is 13.0. The molecular weight excluding hydrogens is 270 g/mol. The number of para-hydroxylation sites is 1. The van der Waals surface area contributed by atoms with Crippen molar-refractivity contribution in [1.82, 2.24) is 0 Å². The Hall–Kier alpha value is -1.52. The summed E-state index contributed by atoms with van der Waals surface area (Å²) < 4.78 is 24.4. The number of hydrogen-bond donors (Lipinski definition) is 0. The second-order valence-corrected chi connectivity index (χ2v) is 6.20. The summed E-state index contributed by atoms with van der Waals surface area (Å²) in [6.07, 6.45) is 0. The summed E-state index contributed by atoms with van der Waals surface area (Å²) in [6, 6.07) is 18.1. The van der Waals surface area contributed by atoms with Gasteiger partial charge in [0, 0.05) is 10.7 Å². The summed E-state index contributed by atoms with van der Waals surface area (Å²) in [5.41, 5.74) is 1.43. The largest absolute Gasteiger partial charge is 0.321 e. The normalized spacial score (nSPS) is 11.2. The van der Waals surface area contributed by atoms with Crippen molar-refractivity contribution in [2.24, 2.45) is 0 Å². The van der Waals surface area contributed by atoms with Crippen LogP contribution >= 0.6 is 10.7 Å². The Bertz CT molecular complexity index is 599. The number of nitrogens with zero attached hydrogens (tertiary/aromatic N) is 1. The third kappa shape index (κ3) is 3.24. The van der Waals surface area contributed by atoms with E-state index < -0.39 is 9.24 Å². The van der Waals surface area contributed by atoms with Crippen molar-refractivity contribution in [2.75, 3.05) is 4.31 Å². The maximum atomic E-state index is 11.6. The standard InChI is InChI=1S/C13H12ClNO2S/c14-18(16,17)15(13-9-5-2-6-10-13)11-12-7-3-1-4-8-12/h1-10H,11H2. The molecule has 94 valence electrons. The van der Waals surface area contributed by atoms with Crippen LogP contribution in [-0.4, -0.2) is 8.42 Å². The molecule has 0 spiro atoms. The minimum atomic E-state index is -3.81. The first kappa shape index (κ1) is 12.9. The predicted molar refractivity (Wildman–Crippen MR) is 73.8 cm³/mol. The van der Waals surface area contributed by atoms with Crippen molar-refractivity contribution < 1.29 is 8.42 Å². The number of hydrogen-bond acceptors (Lipinski definition) is 2. The highest BCUT2D eigenvalue weighted by Gasteiger charge is 2.19. The zero-order valence-corrected chi connectivity index (χ0v) is 11.1. The first-order valence-corrected chi connectivity index (χ1v) is 7.65. The lowest BCUT2D eigenvalue weighted by molar-refractivity contribution is 0.604. The van der Waals surface area contributed by atoms with Crippen LogP contribution in [0, 0.1) is 0 Å². The van der Waals surface area contributed by atoms with Crippen LogP contribution in [0.3, 0.4) is 0 Å². The number of halogens is 1. The van der Waals surface area contributed by atoms with E-state index in [4.69, 9.17) is 10.7 Å². The van der Waals surface area contributed by atoms with E-state index in [1.165, 1.54) is 4.31 Å². The average Bonchev–Trinajstić information content (AvgIpc) is 2.37. The predicted octanol–water partition coefficient (Wildman–Crippen LogP) is 3.18. The van der Waals surface area contributed by atoms with Gasteiger partial charge in [-0.05, 0) is 17.7 Å². The monoisotopic (exact) mass is 281 g/mol. The fourth-order valence-corrected chi connectivity index (χ4v) is 2.70. The van der Waals surface area contributed by atoms with Gasteiger partial charge >= 0.3 is 9.24 Å². The molecule has 0 N–H and O–H groups in total. The van der Waals surface area contributed by atoms with Crippen molar-refractivity contribution in [3.63, 3.8) is 0 Å². The molecular formula is C13H12ClNO2S. The molecule has 3 nitrogen and oxygen atoms in total. The van der Waals surface area contributed by atoms with Crippen molar-refractivity contribution in [1.29, 1.82) is 0 Å². The van der Waals surface area contributed by atoms with E-state index in [2.05, 4.69) is 0 Å². The van der Waals surface area contributed by atoms with E-state index in [9.17, 15) is 8.42 Å². The molecule has 2 aromatic carbocycles. The molecule has 2 rings (SSSR count). The van der Waals surface area contributed by atoms with Crippen LogP contribution in [0.1, 0.15) is 5.56 Å². The molecule has 0 bridgehead atoms. The van der Waals surface area contributed by atoms with E-state index in [0.29, 0.717) is 5.69 Å². The average molecular weight is 282 g/mol. The third-order valence-corrected chi connectivity index (χ3v) is 3.84. The Kier molecular flexibility index (Phi) is 3.89. The van der Waals surface area contributed by atoms with Gasteiger partial charge in [-0.15, -0.1) is 0 Å². The summed E-state index contributed by atoms with van der Waals surface area (Å²) in [5, 5.41) is 0. The molecule has 0 radical (unpaired) electrons. The molecule has 0 saturated heterocycles. The lowest BCUT2D eigenvalue weighted by Crippen LogP contribution is -2.26. The maximum absolute atomic E-state index is 11.6. The highest BCUT2D eigenvalue weighted by molar-refractivity contribution is 8.14. The van der Waals surface area contributed by atoms with Crippen molar-refractivity contribution >= 4 is 25.6 Å². The summed E-state index contributed by atoms with van der Waals surface area (Å²) in [7, 11) is 1.67. The van der Waals surface area contributed by atoms with Crippen LogP contribution in [0.5, 0.6) is 0 Å². The van der Waals surface area contributed by atoms with E-state index in [1.807, 2.05) is 36.4 Å². The Labute approximate surface area is 111 Å². The topological polar surface area (TPSA) is 37.4 Å². The molecule has 0 saturated carbocycles. The summed E-state index contributed by atoms with van der Waals surface area (Å²) >= 11 is 0. The summed E-state index contributed by atoms with van der Waals surface area (Å²) in [4.78, 5) is 0. The van der Waals surface area contributed by atoms with Gasteiger partial charge in [-0.1, -0.05) is 48.5 Å². The molecule has 0 aliphatic heterocycles. The molecule has 2 aromatic rings. The first-order valence-electron chi connectivity index (χ1n) is 5.38. The Morgan fingerprint density at radius 3 is 1.89 bits per heavy atom. The van der Waals surface area contributed by atoms with Gasteiger partial charge in [0.25, 0.3) is 0 Å². The fourth-order valence-electron chi connectivity index (χ4n) is 1.64. The van der Waals surface area contributed by atoms with Crippen molar-refractivity contribution in [3.05, 3.63) is 66.2 Å². The maximum Gasteiger partial charge on any atom is 0.321 e. The van der Waals surface area contributed by atoms with Gasteiger partial charge in [0.15, 0.2) is 0 Å². The lowest BCUT2D eigenvalue weighted by Gasteiger charge is -2.20. The van der Waals surface area contributed by atoms with Crippen LogP contribution in [0.2, 0.25) is 0 Å². The number of rotatable bonds is 4. The van der Waals surface area contributed by atoms with Crippen molar-refractivity contribution in [2.45, 2.75) is 6.54 Å². The molecule has 18 heavy (non-hydrogen) atoms. The van der Waals surface area contributed by atoms with Gasteiger partial charge in [-0.2, -0.15) is 8.42 Å². The van der Waals surface area contributed by atoms with Gasteiger partial charge in [0.05, 0.1) is 12.2 Å². The van der Waals surface area contributed by atoms with Gasteiger partial charge < -0.3 is 0 Å². The highest BCUT2D eigenvalue weighted by Crippen LogP contribution is 2.22. The molecule has 0 aromatic heterocycles. The molecule has 0 atom stereocenters. The van der Waals surface area contributed by atoms with Gasteiger partial charge in [-0.3, -0.25) is 4.31 Å². The van der Waals surface area contributed by atoms with Crippen LogP contribution in [0.15, 0.2) is 60.7 Å². The molecule has 5 heteroatoms. The smallest absolute Gasteiger partial charge is 0.253 e. The summed E-state index contributed by atoms with van der Waals surface area (Å²) in [5.74, 6) is 0. The van der Waals surface area contributed by atoms with E-state index in [-0.39, 0.29) is 6.54 Å². The Morgan fingerprint density at radius 2 is 1.39 bits per heavy atom. The molecule has 0 aliphatic rings. The van der Waals surface area contributed by atoms with E-state index >= 15 is 0 Å². The highest BCUT2D eigenvalue weighted by atomic mass is 35.7. The Balaban J connectivity index is 2.34. The SMILES string of the molecule is O=S(=O)(Cl)N(Cc1ccccc1)c1ccccc1. The summed E-state index contributed by atoms with van der Waals surface area (Å²) in [6.45, 7) is 0.219. The molecule has 0 heterocycles.